The molecule has 16 heavy (non-hydrogen) atoms. The Morgan fingerprint density at radius 1 is 1.44 bits per heavy atom. The van der Waals surface area contributed by atoms with Crippen LogP contribution in [0, 0.1) is 5.82 Å². The van der Waals surface area contributed by atoms with E-state index in [-0.39, 0.29) is 24.1 Å². The second kappa shape index (κ2) is 5.27. The topological polar surface area (TPSA) is 46.3 Å². The Balaban J connectivity index is 0.00000128. The second-order valence-corrected chi connectivity index (χ2v) is 3.63. The van der Waals surface area contributed by atoms with Crippen LogP contribution in [-0.2, 0) is 11.3 Å². The van der Waals surface area contributed by atoms with E-state index in [9.17, 15) is 9.18 Å². The lowest BCUT2D eigenvalue weighted by Crippen LogP contribution is -2.25. The lowest BCUT2D eigenvalue weighted by Gasteiger charge is -2.19. The van der Waals surface area contributed by atoms with E-state index in [0.717, 1.165) is 12.0 Å². The Kier molecular flexibility index (Phi) is 4.26. The molecule has 0 spiro atoms. The molecule has 1 saturated heterocycles. The van der Waals surface area contributed by atoms with Gasteiger partial charge in [-0.1, -0.05) is 6.07 Å². The van der Waals surface area contributed by atoms with E-state index >= 15 is 0 Å². The summed E-state index contributed by atoms with van der Waals surface area (Å²) in [5, 5.41) is 0. The summed E-state index contributed by atoms with van der Waals surface area (Å²) in [5.74, 6) is -0.280. The van der Waals surface area contributed by atoms with E-state index in [0.29, 0.717) is 25.2 Å². The van der Waals surface area contributed by atoms with Crippen molar-refractivity contribution in [1.82, 2.24) is 0 Å². The summed E-state index contributed by atoms with van der Waals surface area (Å²) in [5.41, 5.74) is 6.99. The standard InChI is InChI=1S/C11H13FN2O.ClH/c12-9-4-3-8(7-13)10(6-9)14-5-1-2-11(14)15;/h3-4,6H,1-2,5,7,13H2;1H. The highest BCUT2D eigenvalue weighted by Gasteiger charge is 2.23. The number of carbonyl (C=O) groups excluding carboxylic acids is 1. The van der Waals surface area contributed by atoms with E-state index in [2.05, 4.69) is 0 Å². The van der Waals surface area contributed by atoms with Crippen LogP contribution in [0.1, 0.15) is 18.4 Å². The maximum absolute atomic E-state index is 13.1. The van der Waals surface area contributed by atoms with E-state index in [4.69, 9.17) is 5.73 Å². The lowest BCUT2D eigenvalue weighted by molar-refractivity contribution is -0.117. The van der Waals surface area contributed by atoms with Gasteiger partial charge in [0.05, 0.1) is 5.69 Å². The maximum atomic E-state index is 13.1. The van der Waals surface area contributed by atoms with Gasteiger partial charge in [-0.05, 0) is 24.1 Å². The van der Waals surface area contributed by atoms with Crippen molar-refractivity contribution in [3.05, 3.63) is 29.6 Å². The molecule has 0 aliphatic carbocycles. The average molecular weight is 245 g/mol. The first kappa shape index (κ1) is 12.9. The minimum absolute atomic E-state index is 0. The van der Waals surface area contributed by atoms with Crippen molar-refractivity contribution in [2.75, 3.05) is 11.4 Å². The normalized spacial score (nSPS) is 15.1. The third-order valence-corrected chi connectivity index (χ3v) is 2.63. The van der Waals surface area contributed by atoms with Crippen LogP contribution in [0.3, 0.4) is 0 Å². The largest absolute Gasteiger partial charge is 0.326 e. The van der Waals surface area contributed by atoms with Crippen molar-refractivity contribution in [2.45, 2.75) is 19.4 Å². The van der Waals surface area contributed by atoms with Crippen molar-refractivity contribution in [3.63, 3.8) is 0 Å². The Hall–Kier alpha value is -1.13. The number of hydrogen-bond donors (Lipinski definition) is 1. The summed E-state index contributed by atoms with van der Waals surface area (Å²) in [7, 11) is 0. The van der Waals surface area contributed by atoms with Gasteiger partial charge >= 0.3 is 0 Å². The predicted molar refractivity (Wildman–Crippen MR) is 63.1 cm³/mol. The Morgan fingerprint density at radius 2 is 2.19 bits per heavy atom. The molecule has 1 aromatic rings. The molecule has 1 amide bonds. The van der Waals surface area contributed by atoms with Crippen LogP contribution < -0.4 is 10.6 Å². The smallest absolute Gasteiger partial charge is 0.227 e. The highest BCUT2D eigenvalue weighted by Crippen LogP contribution is 2.26. The Morgan fingerprint density at radius 3 is 2.75 bits per heavy atom. The maximum Gasteiger partial charge on any atom is 0.227 e. The number of amides is 1. The van der Waals surface area contributed by atoms with E-state index in [1.165, 1.54) is 12.1 Å². The summed E-state index contributed by atoms with van der Waals surface area (Å²) >= 11 is 0. The van der Waals surface area contributed by atoms with Gasteiger partial charge in [-0.2, -0.15) is 0 Å². The highest BCUT2D eigenvalue weighted by atomic mass is 35.5. The van der Waals surface area contributed by atoms with Crippen LogP contribution in [-0.4, -0.2) is 12.5 Å². The number of benzene rings is 1. The minimum Gasteiger partial charge on any atom is -0.326 e. The third kappa shape index (κ3) is 2.33. The highest BCUT2D eigenvalue weighted by molar-refractivity contribution is 5.96. The van der Waals surface area contributed by atoms with Gasteiger partial charge in [-0.3, -0.25) is 4.79 Å². The molecule has 1 aliphatic heterocycles. The number of carbonyl (C=O) groups is 1. The average Bonchev–Trinajstić information content (AvgIpc) is 2.64. The van der Waals surface area contributed by atoms with E-state index < -0.39 is 0 Å². The molecule has 0 radical (unpaired) electrons. The van der Waals surface area contributed by atoms with Gasteiger partial charge in [-0.25, -0.2) is 4.39 Å². The Bertz CT molecular complexity index is 398. The van der Waals surface area contributed by atoms with Crippen molar-refractivity contribution in [1.29, 1.82) is 0 Å². The molecule has 2 N–H and O–H groups in total. The number of rotatable bonds is 2. The summed E-state index contributed by atoms with van der Waals surface area (Å²) in [4.78, 5) is 13.1. The van der Waals surface area contributed by atoms with Crippen LogP contribution in [0.5, 0.6) is 0 Å². The van der Waals surface area contributed by atoms with Crippen molar-refractivity contribution < 1.29 is 9.18 Å². The van der Waals surface area contributed by atoms with Gasteiger partial charge in [0.15, 0.2) is 0 Å². The number of halogens is 2. The number of nitrogens with zero attached hydrogens (tertiary/aromatic N) is 1. The van der Waals surface area contributed by atoms with Crippen LogP contribution in [0.15, 0.2) is 18.2 Å². The number of hydrogen-bond acceptors (Lipinski definition) is 2. The fourth-order valence-corrected chi connectivity index (χ4v) is 1.86. The van der Waals surface area contributed by atoms with Crippen LogP contribution >= 0.6 is 12.4 Å². The molecular weight excluding hydrogens is 231 g/mol. The molecule has 3 nitrogen and oxygen atoms in total. The molecule has 1 aliphatic rings. The molecule has 88 valence electrons. The molecule has 0 atom stereocenters. The zero-order chi connectivity index (χ0) is 10.8. The number of nitrogens with two attached hydrogens (primary N) is 1. The van der Waals surface area contributed by atoms with Gasteiger partial charge in [0.25, 0.3) is 0 Å². The quantitative estimate of drug-likeness (QED) is 0.863. The Labute approximate surface area is 99.8 Å². The molecule has 1 heterocycles. The zero-order valence-corrected chi connectivity index (χ0v) is 9.60. The van der Waals surface area contributed by atoms with Crippen LogP contribution in [0.2, 0.25) is 0 Å². The van der Waals surface area contributed by atoms with Crippen molar-refractivity contribution in [3.8, 4) is 0 Å². The molecule has 2 rings (SSSR count). The molecule has 0 unspecified atom stereocenters. The molecule has 5 heteroatoms. The van der Waals surface area contributed by atoms with E-state index in [1.807, 2.05) is 0 Å². The fraction of sp³-hybridized carbons (Fsp3) is 0.364. The number of anilines is 1. The minimum atomic E-state index is -0.332. The lowest BCUT2D eigenvalue weighted by atomic mass is 10.1. The monoisotopic (exact) mass is 244 g/mol. The first-order valence-electron chi connectivity index (χ1n) is 5.01. The summed E-state index contributed by atoms with van der Waals surface area (Å²) in [6.45, 7) is 0.981. The molecule has 0 bridgehead atoms. The zero-order valence-electron chi connectivity index (χ0n) is 8.78. The van der Waals surface area contributed by atoms with Gasteiger partial charge < -0.3 is 10.6 Å². The van der Waals surface area contributed by atoms with Crippen LogP contribution in [0.4, 0.5) is 10.1 Å². The molecule has 0 aromatic heterocycles. The van der Waals surface area contributed by atoms with Gasteiger partial charge in [0.1, 0.15) is 5.82 Å². The summed E-state index contributed by atoms with van der Waals surface area (Å²) < 4.78 is 13.1. The third-order valence-electron chi connectivity index (χ3n) is 2.63. The van der Waals surface area contributed by atoms with Gasteiger partial charge in [0, 0.05) is 19.5 Å². The van der Waals surface area contributed by atoms with Crippen molar-refractivity contribution >= 4 is 24.0 Å². The molecule has 1 aromatic carbocycles. The van der Waals surface area contributed by atoms with Crippen molar-refractivity contribution in [2.24, 2.45) is 5.73 Å². The molecule has 0 saturated carbocycles. The molecular formula is C11H14ClFN2O. The molecule has 1 fully saturated rings. The first-order chi connectivity index (χ1) is 7.22. The first-order valence-corrected chi connectivity index (χ1v) is 5.01. The van der Waals surface area contributed by atoms with Gasteiger partial charge in [-0.15, -0.1) is 12.4 Å². The van der Waals surface area contributed by atoms with E-state index in [1.54, 1.807) is 11.0 Å². The second-order valence-electron chi connectivity index (χ2n) is 3.63. The predicted octanol–water partition coefficient (Wildman–Crippen LogP) is 1.83. The van der Waals surface area contributed by atoms with Gasteiger partial charge in [0.2, 0.25) is 5.91 Å². The fourth-order valence-electron chi connectivity index (χ4n) is 1.86. The summed E-state index contributed by atoms with van der Waals surface area (Å²) in [6.07, 6.45) is 1.37. The summed E-state index contributed by atoms with van der Waals surface area (Å²) in [6, 6.07) is 4.38. The van der Waals surface area contributed by atoms with Crippen LogP contribution in [0.25, 0.3) is 0 Å². The SMILES string of the molecule is Cl.NCc1ccc(F)cc1N1CCCC1=O.